The van der Waals surface area contributed by atoms with Gasteiger partial charge in [-0.15, -0.1) is 5.10 Å². The summed E-state index contributed by atoms with van der Waals surface area (Å²) in [7, 11) is 0. The number of carbonyl (C=O) groups is 1. The van der Waals surface area contributed by atoms with Crippen molar-refractivity contribution in [3.8, 4) is 6.07 Å². The molecule has 3 heterocycles. The van der Waals surface area contributed by atoms with Crippen molar-refractivity contribution in [1.82, 2.24) is 14.6 Å². The lowest BCUT2D eigenvalue weighted by Gasteiger charge is -2.17. The van der Waals surface area contributed by atoms with Gasteiger partial charge in [-0.25, -0.2) is 9.50 Å². The number of aromatic nitrogens is 3. The number of nitrogens with two attached hydrogens (primary N) is 1. The van der Waals surface area contributed by atoms with Crippen molar-refractivity contribution >= 4 is 28.8 Å². The van der Waals surface area contributed by atoms with E-state index in [0.717, 1.165) is 13.0 Å². The first-order chi connectivity index (χ1) is 14.0. The second kappa shape index (κ2) is 7.20. The zero-order chi connectivity index (χ0) is 20.5. The lowest BCUT2D eigenvalue weighted by Crippen LogP contribution is -2.22. The molecule has 3 aromatic rings. The van der Waals surface area contributed by atoms with E-state index >= 15 is 0 Å². The lowest BCUT2D eigenvalue weighted by molar-refractivity contribution is -0.384. The Morgan fingerprint density at radius 1 is 1.34 bits per heavy atom. The third-order valence-corrected chi connectivity index (χ3v) is 5.09. The second-order valence-electron chi connectivity index (χ2n) is 6.96. The summed E-state index contributed by atoms with van der Waals surface area (Å²) in [5.41, 5.74) is 6.84. The number of Topliss-reactive ketones (excluding diaryl/α,β-unsaturated/α-hetero) is 1. The topological polar surface area (TPSA) is 143 Å². The number of fused-ring (bicyclic) bond motifs is 1. The summed E-state index contributed by atoms with van der Waals surface area (Å²) >= 11 is 0. The molecule has 0 amide bonds. The first-order valence-corrected chi connectivity index (χ1v) is 9.04. The van der Waals surface area contributed by atoms with Crippen molar-refractivity contribution in [2.75, 3.05) is 23.7 Å². The minimum Gasteiger partial charge on any atom is -0.381 e. The van der Waals surface area contributed by atoms with E-state index < -0.39 is 4.92 Å². The fourth-order valence-corrected chi connectivity index (χ4v) is 3.58. The van der Waals surface area contributed by atoms with E-state index in [1.807, 2.05) is 6.07 Å². The van der Waals surface area contributed by atoms with Crippen LogP contribution in [0.5, 0.6) is 0 Å². The predicted octanol–water partition coefficient (Wildman–Crippen LogP) is 2.19. The van der Waals surface area contributed by atoms with E-state index in [1.54, 1.807) is 12.3 Å². The molecule has 1 aromatic carbocycles. The summed E-state index contributed by atoms with van der Waals surface area (Å²) in [6, 6.07) is 9.51. The quantitative estimate of drug-likeness (QED) is 0.396. The number of ketones is 1. The molecule has 0 saturated carbocycles. The van der Waals surface area contributed by atoms with E-state index in [0.29, 0.717) is 30.0 Å². The van der Waals surface area contributed by atoms with Gasteiger partial charge in [-0.05, 0) is 30.5 Å². The van der Waals surface area contributed by atoms with Crippen molar-refractivity contribution in [1.29, 1.82) is 5.26 Å². The SMILES string of the molecule is N#Cc1c(N)nn2ccc(N3CCC(CC(=O)c4ccc([N+](=O)[O-])cc4)C3)nc12. The number of rotatable bonds is 5. The highest BCUT2D eigenvalue weighted by Crippen LogP contribution is 2.27. The molecule has 10 heteroatoms. The van der Waals surface area contributed by atoms with Crippen molar-refractivity contribution in [2.24, 2.45) is 5.92 Å². The Balaban J connectivity index is 1.45. The van der Waals surface area contributed by atoms with E-state index in [4.69, 9.17) is 5.73 Å². The molecule has 10 nitrogen and oxygen atoms in total. The van der Waals surface area contributed by atoms with Crippen molar-refractivity contribution in [3.05, 3.63) is 57.8 Å². The van der Waals surface area contributed by atoms with Gasteiger partial charge in [-0.3, -0.25) is 14.9 Å². The number of nitriles is 1. The summed E-state index contributed by atoms with van der Waals surface area (Å²) < 4.78 is 1.48. The van der Waals surface area contributed by atoms with Crippen LogP contribution in [-0.2, 0) is 0 Å². The molecule has 1 unspecified atom stereocenters. The molecule has 146 valence electrons. The van der Waals surface area contributed by atoms with Gasteiger partial charge in [0.15, 0.2) is 17.2 Å². The van der Waals surface area contributed by atoms with Gasteiger partial charge < -0.3 is 10.6 Å². The van der Waals surface area contributed by atoms with Crippen LogP contribution in [0.4, 0.5) is 17.3 Å². The van der Waals surface area contributed by atoms with E-state index in [1.165, 1.54) is 28.8 Å². The van der Waals surface area contributed by atoms with Gasteiger partial charge in [0.05, 0.1) is 4.92 Å². The van der Waals surface area contributed by atoms with Crippen molar-refractivity contribution in [2.45, 2.75) is 12.8 Å². The van der Waals surface area contributed by atoms with Gasteiger partial charge in [-0.1, -0.05) is 0 Å². The van der Waals surface area contributed by atoms with Crippen LogP contribution in [0.1, 0.15) is 28.8 Å². The van der Waals surface area contributed by atoms with Crippen LogP contribution in [0.3, 0.4) is 0 Å². The third-order valence-electron chi connectivity index (χ3n) is 5.09. The number of nitro groups is 1. The monoisotopic (exact) mass is 391 g/mol. The van der Waals surface area contributed by atoms with Gasteiger partial charge in [-0.2, -0.15) is 5.26 Å². The first-order valence-electron chi connectivity index (χ1n) is 9.04. The molecule has 29 heavy (non-hydrogen) atoms. The number of anilines is 2. The second-order valence-corrected chi connectivity index (χ2v) is 6.96. The number of nitrogens with zero attached hydrogens (tertiary/aromatic N) is 6. The highest BCUT2D eigenvalue weighted by molar-refractivity contribution is 5.96. The zero-order valence-corrected chi connectivity index (χ0v) is 15.4. The highest BCUT2D eigenvalue weighted by atomic mass is 16.6. The minimum absolute atomic E-state index is 0.0349. The summed E-state index contributed by atoms with van der Waals surface area (Å²) in [6.07, 6.45) is 2.90. The van der Waals surface area contributed by atoms with E-state index in [9.17, 15) is 20.2 Å². The molecule has 2 N–H and O–H groups in total. The summed E-state index contributed by atoms with van der Waals surface area (Å²) in [6.45, 7) is 1.40. The number of non-ortho nitro benzene ring substituents is 1. The van der Waals surface area contributed by atoms with Crippen molar-refractivity contribution < 1.29 is 9.72 Å². The maximum atomic E-state index is 12.5. The molecule has 2 aromatic heterocycles. The number of hydrogen-bond acceptors (Lipinski definition) is 8. The fraction of sp³-hybridized carbons (Fsp3) is 0.263. The van der Waals surface area contributed by atoms with Gasteiger partial charge in [0, 0.05) is 43.4 Å². The van der Waals surface area contributed by atoms with Gasteiger partial charge in [0.1, 0.15) is 17.5 Å². The molecular formula is C19H17N7O3. The standard InChI is InChI=1S/C19H17N7O3/c20-10-15-18(21)23-25-8-6-17(22-19(15)25)24-7-5-12(11-24)9-16(27)13-1-3-14(4-2-13)26(28)29/h1-4,6,8,12H,5,7,9,11H2,(H2,21,23). The number of hydrogen-bond donors (Lipinski definition) is 1. The Hall–Kier alpha value is -4.00. The van der Waals surface area contributed by atoms with E-state index in [-0.39, 0.29) is 28.8 Å². The van der Waals surface area contributed by atoms with Crippen LogP contribution < -0.4 is 10.6 Å². The summed E-state index contributed by atoms with van der Waals surface area (Å²) in [5.74, 6) is 0.968. The highest BCUT2D eigenvalue weighted by Gasteiger charge is 2.26. The Bertz CT molecular complexity index is 1150. The number of nitro benzene ring substituents is 1. The minimum atomic E-state index is -0.487. The zero-order valence-electron chi connectivity index (χ0n) is 15.4. The molecule has 0 bridgehead atoms. The third kappa shape index (κ3) is 3.45. The number of carbonyl (C=O) groups excluding carboxylic acids is 1. The molecular weight excluding hydrogens is 374 g/mol. The van der Waals surface area contributed by atoms with Gasteiger partial charge in [0.2, 0.25) is 0 Å². The average Bonchev–Trinajstić information content (AvgIpc) is 3.30. The Kier molecular flexibility index (Phi) is 4.56. The normalized spacial score (nSPS) is 16.1. The van der Waals surface area contributed by atoms with Gasteiger partial charge >= 0.3 is 0 Å². The molecule has 1 aliphatic heterocycles. The lowest BCUT2D eigenvalue weighted by atomic mass is 9.97. The fourth-order valence-electron chi connectivity index (χ4n) is 3.58. The maximum Gasteiger partial charge on any atom is 0.269 e. The maximum absolute atomic E-state index is 12.5. The van der Waals surface area contributed by atoms with Crippen LogP contribution in [0.2, 0.25) is 0 Å². The molecule has 1 saturated heterocycles. The Morgan fingerprint density at radius 2 is 2.10 bits per heavy atom. The number of benzene rings is 1. The molecule has 4 rings (SSSR count). The Labute approximate surface area is 165 Å². The molecule has 1 aliphatic rings. The molecule has 0 radical (unpaired) electrons. The smallest absolute Gasteiger partial charge is 0.269 e. The first kappa shape index (κ1) is 18.4. The van der Waals surface area contributed by atoms with Gasteiger partial charge in [0.25, 0.3) is 5.69 Å². The summed E-state index contributed by atoms with van der Waals surface area (Å²) in [5, 5.41) is 24.0. The van der Waals surface area contributed by atoms with Crippen LogP contribution >= 0.6 is 0 Å². The average molecular weight is 391 g/mol. The van der Waals surface area contributed by atoms with Crippen LogP contribution in [0.25, 0.3) is 5.65 Å². The van der Waals surface area contributed by atoms with Crippen molar-refractivity contribution in [3.63, 3.8) is 0 Å². The van der Waals surface area contributed by atoms with Crippen LogP contribution in [0, 0.1) is 27.4 Å². The number of nitrogen functional groups attached to an aromatic ring is 1. The molecule has 0 aliphatic carbocycles. The van der Waals surface area contributed by atoms with Crippen LogP contribution in [-0.4, -0.2) is 38.4 Å². The van der Waals surface area contributed by atoms with E-state index in [2.05, 4.69) is 15.0 Å². The molecule has 1 fully saturated rings. The predicted molar refractivity (Wildman–Crippen MR) is 104 cm³/mol. The molecule has 1 atom stereocenters. The summed E-state index contributed by atoms with van der Waals surface area (Å²) in [4.78, 5) is 29.4. The Morgan fingerprint density at radius 3 is 2.79 bits per heavy atom. The molecule has 0 spiro atoms. The van der Waals surface area contributed by atoms with Crippen LogP contribution in [0.15, 0.2) is 36.5 Å². The largest absolute Gasteiger partial charge is 0.381 e.